The van der Waals surface area contributed by atoms with Gasteiger partial charge in [-0.1, -0.05) is 0 Å². The maximum atomic E-state index is 10.1. The summed E-state index contributed by atoms with van der Waals surface area (Å²) in [6, 6.07) is 0. The molecule has 0 bridgehead atoms. The molecule has 0 aromatic rings. The van der Waals surface area contributed by atoms with Gasteiger partial charge in [0.25, 0.3) is 0 Å². The van der Waals surface area contributed by atoms with E-state index in [-0.39, 0.29) is 0 Å². The number of nitrogens with zero attached hydrogens (tertiary/aromatic N) is 1. The predicted molar refractivity (Wildman–Crippen MR) is 30.3 cm³/mol. The molecule has 1 heterocycles. The Morgan fingerprint density at radius 2 is 2.62 bits per heavy atom. The van der Waals surface area contributed by atoms with Gasteiger partial charge in [0.15, 0.2) is 0 Å². The molecule has 8 heavy (non-hydrogen) atoms. The summed E-state index contributed by atoms with van der Waals surface area (Å²) in [7, 11) is 0. The molecule has 1 saturated heterocycles. The Hall–Kier alpha value is -0.420. The third-order valence-corrected chi connectivity index (χ3v) is 1.58. The summed E-state index contributed by atoms with van der Waals surface area (Å²) in [5.74, 6) is 1.24. The van der Waals surface area contributed by atoms with Gasteiger partial charge in [-0.15, -0.1) is 11.8 Å². The Morgan fingerprint density at radius 3 is 2.88 bits per heavy atom. The van der Waals surface area contributed by atoms with E-state index in [0.717, 1.165) is 5.01 Å². The fourth-order valence-electron chi connectivity index (χ4n) is 0.429. The Balaban J connectivity index is 2.35. The van der Waals surface area contributed by atoms with Crippen LogP contribution in [-0.2, 0) is 0 Å². The Kier molecular flexibility index (Phi) is 1.59. The minimum atomic E-state index is -0.907. The largest absolute Gasteiger partial charge is 0.464 e. The second kappa shape index (κ2) is 2.23. The zero-order valence-electron chi connectivity index (χ0n) is 4.13. The molecule has 46 valence electrons. The SMILES string of the molecule is O=C(O)N1CSCN1. The van der Waals surface area contributed by atoms with E-state index in [2.05, 4.69) is 5.43 Å². The first kappa shape index (κ1) is 5.71. The standard InChI is InChI=1S/C3H6N2O2S/c6-3(7)5-2-8-1-4-5/h4H,1-2H2,(H,6,7). The van der Waals surface area contributed by atoms with Crippen molar-refractivity contribution in [2.24, 2.45) is 0 Å². The van der Waals surface area contributed by atoms with E-state index in [9.17, 15) is 4.79 Å². The lowest BCUT2D eigenvalue weighted by atomic mass is 11.0. The number of carbonyl (C=O) groups is 1. The summed E-state index contributed by atoms with van der Waals surface area (Å²) in [6.07, 6.45) is -0.907. The molecule has 1 amide bonds. The van der Waals surface area contributed by atoms with Crippen molar-refractivity contribution in [3.63, 3.8) is 0 Å². The minimum absolute atomic E-state index is 0.537. The normalized spacial score (nSPS) is 19.2. The molecule has 1 rings (SSSR count). The molecule has 5 heteroatoms. The molecule has 2 N–H and O–H groups in total. The van der Waals surface area contributed by atoms with Gasteiger partial charge in [-0.2, -0.15) is 0 Å². The quantitative estimate of drug-likeness (QED) is 0.494. The van der Waals surface area contributed by atoms with Crippen molar-refractivity contribution in [2.75, 3.05) is 11.8 Å². The van der Waals surface area contributed by atoms with Crippen molar-refractivity contribution in [3.8, 4) is 0 Å². The van der Waals surface area contributed by atoms with Gasteiger partial charge < -0.3 is 5.11 Å². The van der Waals surface area contributed by atoms with Crippen molar-refractivity contribution in [3.05, 3.63) is 0 Å². The molecule has 0 spiro atoms. The molecular weight excluding hydrogens is 128 g/mol. The van der Waals surface area contributed by atoms with Gasteiger partial charge in [-0.05, 0) is 0 Å². The van der Waals surface area contributed by atoms with Crippen molar-refractivity contribution in [1.29, 1.82) is 0 Å². The summed E-state index contributed by atoms with van der Waals surface area (Å²) >= 11 is 1.54. The van der Waals surface area contributed by atoms with E-state index in [4.69, 9.17) is 5.11 Å². The molecule has 1 aliphatic heterocycles. The van der Waals surface area contributed by atoms with E-state index in [1.807, 2.05) is 0 Å². The van der Waals surface area contributed by atoms with E-state index in [0.29, 0.717) is 11.8 Å². The van der Waals surface area contributed by atoms with Crippen molar-refractivity contribution >= 4 is 17.9 Å². The maximum absolute atomic E-state index is 10.1. The highest BCUT2D eigenvalue weighted by Gasteiger charge is 2.15. The molecule has 0 radical (unpaired) electrons. The van der Waals surface area contributed by atoms with Crippen LogP contribution in [0.4, 0.5) is 4.79 Å². The van der Waals surface area contributed by atoms with Gasteiger partial charge in [0, 0.05) is 0 Å². The fraction of sp³-hybridized carbons (Fsp3) is 0.667. The first-order chi connectivity index (χ1) is 3.80. The number of carboxylic acid groups (broad SMARTS) is 1. The number of hydrazine groups is 1. The van der Waals surface area contributed by atoms with Gasteiger partial charge in [0.05, 0.1) is 11.8 Å². The lowest BCUT2D eigenvalue weighted by molar-refractivity contribution is 0.140. The summed E-state index contributed by atoms with van der Waals surface area (Å²) in [5.41, 5.74) is 2.65. The second-order valence-corrected chi connectivity index (χ2v) is 2.30. The summed E-state index contributed by atoms with van der Waals surface area (Å²) < 4.78 is 0. The van der Waals surface area contributed by atoms with Crippen LogP contribution < -0.4 is 5.43 Å². The minimum Gasteiger partial charge on any atom is -0.464 e. The molecule has 0 atom stereocenters. The molecule has 0 aromatic carbocycles. The van der Waals surface area contributed by atoms with Crippen LogP contribution >= 0.6 is 11.8 Å². The van der Waals surface area contributed by atoms with E-state index >= 15 is 0 Å². The maximum Gasteiger partial charge on any atom is 0.422 e. The molecule has 0 unspecified atom stereocenters. The Labute approximate surface area is 50.8 Å². The highest BCUT2D eigenvalue weighted by Crippen LogP contribution is 2.07. The Bertz CT molecular complexity index is 101. The van der Waals surface area contributed by atoms with Crippen molar-refractivity contribution in [1.82, 2.24) is 10.4 Å². The third-order valence-electron chi connectivity index (χ3n) is 0.809. The molecule has 4 nitrogen and oxygen atoms in total. The van der Waals surface area contributed by atoms with Crippen molar-refractivity contribution < 1.29 is 9.90 Å². The van der Waals surface area contributed by atoms with Crippen molar-refractivity contribution in [2.45, 2.75) is 0 Å². The lowest BCUT2D eigenvalue weighted by Crippen LogP contribution is -2.35. The molecular formula is C3H6N2O2S. The van der Waals surface area contributed by atoms with Crippen LogP contribution in [0.3, 0.4) is 0 Å². The number of rotatable bonds is 0. The van der Waals surface area contributed by atoms with Crippen LogP contribution in [0.1, 0.15) is 0 Å². The Morgan fingerprint density at radius 1 is 1.88 bits per heavy atom. The summed E-state index contributed by atoms with van der Waals surface area (Å²) in [6.45, 7) is 0. The molecule has 0 aromatic heterocycles. The van der Waals surface area contributed by atoms with Gasteiger partial charge in [-0.3, -0.25) is 0 Å². The highest BCUT2D eigenvalue weighted by atomic mass is 32.2. The zero-order chi connectivity index (χ0) is 5.98. The topological polar surface area (TPSA) is 52.6 Å². The monoisotopic (exact) mass is 134 g/mol. The van der Waals surface area contributed by atoms with E-state index in [1.54, 1.807) is 11.8 Å². The number of nitrogens with one attached hydrogen (secondary N) is 1. The van der Waals surface area contributed by atoms with Gasteiger partial charge in [0.2, 0.25) is 0 Å². The molecule has 0 saturated carbocycles. The first-order valence-electron chi connectivity index (χ1n) is 2.12. The first-order valence-corrected chi connectivity index (χ1v) is 3.28. The highest BCUT2D eigenvalue weighted by molar-refractivity contribution is 7.99. The fourth-order valence-corrected chi connectivity index (χ4v) is 1.15. The van der Waals surface area contributed by atoms with Crippen LogP contribution in [0.5, 0.6) is 0 Å². The smallest absolute Gasteiger partial charge is 0.422 e. The number of hydrogen-bond donors (Lipinski definition) is 2. The van der Waals surface area contributed by atoms with Gasteiger partial charge >= 0.3 is 6.09 Å². The number of thioether (sulfide) groups is 1. The predicted octanol–water partition coefficient (Wildman–Crippen LogP) is 0.133. The van der Waals surface area contributed by atoms with Crippen LogP contribution in [-0.4, -0.2) is 28.0 Å². The number of hydrogen-bond acceptors (Lipinski definition) is 3. The zero-order valence-corrected chi connectivity index (χ0v) is 4.94. The summed E-state index contributed by atoms with van der Waals surface area (Å²) in [5, 5.41) is 9.42. The van der Waals surface area contributed by atoms with Crippen LogP contribution in [0.25, 0.3) is 0 Å². The number of amides is 1. The average molecular weight is 134 g/mol. The lowest BCUT2D eigenvalue weighted by Gasteiger charge is -2.07. The van der Waals surface area contributed by atoms with Crippen LogP contribution in [0, 0.1) is 0 Å². The average Bonchev–Trinajstić information content (AvgIpc) is 2.12. The van der Waals surface area contributed by atoms with Gasteiger partial charge in [-0.25, -0.2) is 15.2 Å². The summed E-state index contributed by atoms with van der Waals surface area (Å²) in [4.78, 5) is 10.1. The van der Waals surface area contributed by atoms with Gasteiger partial charge in [0.1, 0.15) is 0 Å². The van der Waals surface area contributed by atoms with E-state index < -0.39 is 6.09 Å². The molecule has 0 aliphatic carbocycles. The van der Waals surface area contributed by atoms with Crippen LogP contribution in [0.15, 0.2) is 0 Å². The van der Waals surface area contributed by atoms with Crippen LogP contribution in [0.2, 0.25) is 0 Å². The van der Waals surface area contributed by atoms with E-state index in [1.165, 1.54) is 0 Å². The molecule has 1 aliphatic rings. The second-order valence-electron chi connectivity index (χ2n) is 1.35. The third kappa shape index (κ3) is 1.05. The molecule has 1 fully saturated rings.